The second-order valence-electron chi connectivity index (χ2n) is 7.65. The minimum absolute atomic E-state index is 0.0499. The van der Waals surface area contributed by atoms with Crippen molar-refractivity contribution in [2.45, 2.75) is 24.8 Å². The molecule has 2 aromatic rings. The maximum absolute atomic E-state index is 12.7. The zero-order chi connectivity index (χ0) is 20.4. The van der Waals surface area contributed by atoms with Crippen LogP contribution in [0, 0.1) is 5.92 Å². The van der Waals surface area contributed by atoms with Crippen LogP contribution in [0.5, 0.6) is 0 Å². The molecular weight excluding hydrogens is 370 g/mol. The second kappa shape index (κ2) is 8.25. The molecule has 1 saturated heterocycles. The zero-order valence-corrected chi connectivity index (χ0v) is 16.4. The molecule has 2 aromatic carbocycles. The van der Waals surface area contributed by atoms with Crippen molar-refractivity contribution in [3.05, 3.63) is 59.7 Å². The molecule has 6 nitrogen and oxygen atoms in total. The summed E-state index contributed by atoms with van der Waals surface area (Å²) in [4.78, 5) is 25.8. The maximum atomic E-state index is 12.7. The molecule has 1 fully saturated rings. The van der Waals surface area contributed by atoms with Crippen LogP contribution in [-0.4, -0.2) is 55.0 Å². The summed E-state index contributed by atoms with van der Waals surface area (Å²) < 4.78 is 10.9. The van der Waals surface area contributed by atoms with Crippen LogP contribution >= 0.6 is 0 Å². The molecule has 1 aliphatic carbocycles. The van der Waals surface area contributed by atoms with Crippen molar-refractivity contribution in [3.8, 4) is 11.1 Å². The lowest BCUT2D eigenvalue weighted by molar-refractivity contribution is -0.145. The van der Waals surface area contributed by atoms with Crippen molar-refractivity contribution >= 4 is 12.1 Å². The number of fused-ring (bicyclic) bond motifs is 3. The molecule has 1 heterocycles. The summed E-state index contributed by atoms with van der Waals surface area (Å²) in [6, 6.07) is 15.3. The molecule has 2 aliphatic rings. The number of ether oxygens (including phenoxy) is 2. The van der Waals surface area contributed by atoms with Gasteiger partial charge in [-0.3, -0.25) is 4.90 Å². The fourth-order valence-corrected chi connectivity index (χ4v) is 4.52. The molecule has 1 aliphatic heterocycles. The van der Waals surface area contributed by atoms with E-state index in [0.29, 0.717) is 26.1 Å². The monoisotopic (exact) mass is 395 g/mol. The minimum atomic E-state index is -1.01. The Morgan fingerprint density at radius 1 is 1.07 bits per heavy atom. The van der Waals surface area contributed by atoms with Crippen LogP contribution in [0.4, 0.5) is 4.79 Å². The van der Waals surface area contributed by atoms with Gasteiger partial charge in [0.05, 0.1) is 0 Å². The number of carbonyl (C=O) groups excluding carboxylic acids is 1. The quantitative estimate of drug-likeness (QED) is 0.835. The highest BCUT2D eigenvalue weighted by atomic mass is 16.6. The molecule has 0 bridgehead atoms. The predicted octanol–water partition coefficient (Wildman–Crippen LogP) is 3.75. The third-order valence-corrected chi connectivity index (χ3v) is 6.01. The highest BCUT2D eigenvalue weighted by Crippen LogP contribution is 2.44. The molecule has 0 radical (unpaired) electrons. The van der Waals surface area contributed by atoms with E-state index in [9.17, 15) is 14.7 Å². The van der Waals surface area contributed by atoms with Gasteiger partial charge in [0.15, 0.2) is 0 Å². The van der Waals surface area contributed by atoms with Crippen molar-refractivity contribution < 1.29 is 24.2 Å². The summed E-state index contributed by atoms with van der Waals surface area (Å²) in [6.45, 7) is 1.22. The molecule has 0 saturated carbocycles. The van der Waals surface area contributed by atoms with Gasteiger partial charge in [-0.05, 0) is 41.0 Å². The van der Waals surface area contributed by atoms with Crippen molar-refractivity contribution in [2.24, 2.45) is 5.92 Å². The van der Waals surface area contributed by atoms with Crippen molar-refractivity contribution in [1.29, 1.82) is 0 Å². The summed E-state index contributed by atoms with van der Waals surface area (Å²) in [5.41, 5.74) is 4.57. The first-order valence-corrected chi connectivity index (χ1v) is 9.96. The van der Waals surface area contributed by atoms with Gasteiger partial charge in [-0.1, -0.05) is 48.5 Å². The standard InChI is InChI=1S/C23H25NO5/c1-24(21(22(25)26)15-10-12-28-13-11-15)23(27)29-14-20-18-8-4-2-6-16(18)17-7-3-5-9-19(17)20/h2-9,15,20-21H,10-14H2,1H3,(H,25,26). The summed E-state index contributed by atoms with van der Waals surface area (Å²) in [5.74, 6) is -1.19. The first-order valence-electron chi connectivity index (χ1n) is 9.96. The molecule has 1 N–H and O–H groups in total. The van der Waals surface area contributed by atoms with Gasteiger partial charge in [0.2, 0.25) is 0 Å². The Kier molecular flexibility index (Phi) is 5.53. The van der Waals surface area contributed by atoms with E-state index in [1.807, 2.05) is 24.3 Å². The van der Waals surface area contributed by atoms with Gasteiger partial charge in [-0.25, -0.2) is 9.59 Å². The normalized spacial score (nSPS) is 17.3. The van der Waals surface area contributed by atoms with Gasteiger partial charge in [-0.15, -0.1) is 0 Å². The van der Waals surface area contributed by atoms with Gasteiger partial charge in [0.25, 0.3) is 0 Å². The Hall–Kier alpha value is -2.86. The number of carbonyl (C=O) groups is 2. The number of hydrogen-bond acceptors (Lipinski definition) is 4. The summed E-state index contributed by atoms with van der Waals surface area (Å²) in [6.07, 6.45) is 0.640. The number of benzene rings is 2. The van der Waals surface area contributed by atoms with Crippen LogP contribution < -0.4 is 0 Å². The average molecular weight is 395 g/mol. The molecule has 1 unspecified atom stereocenters. The molecule has 6 heteroatoms. The number of carboxylic acid groups (broad SMARTS) is 1. The number of hydrogen-bond donors (Lipinski definition) is 1. The third-order valence-electron chi connectivity index (χ3n) is 6.01. The Labute approximate surface area is 170 Å². The topological polar surface area (TPSA) is 76.1 Å². The summed E-state index contributed by atoms with van der Waals surface area (Å²) >= 11 is 0. The van der Waals surface area contributed by atoms with Gasteiger partial charge >= 0.3 is 12.1 Å². The average Bonchev–Trinajstić information content (AvgIpc) is 3.06. The van der Waals surface area contributed by atoms with Crippen LogP contribution in [0.25, 0.3) is 11.1 Å². The molecule has 29 heavy (non-hydrogen) atoms. The van der Waals surface area contributed by atoms with Crippen molar-refractivity contribution in [2.75, 3.05) is 26.9 Å². The van der Waals surface area contributed by atoms with E-state index >= 15 is 0 Å². The first kappa shape index (κ1) is 19.5. The van der Waals surface area contributed by atoms with Crippen LogP contribution in [0.15, 0.2) is 48.5 Å². The lowest BCUT2D eigenvalue weighted by Gasteiger charge is -2.33. The lowest BCUT2D eigenvalue weighted by atomic mass is 9.91. The fourth-order valence-electron chi connectivity index (χ4n) is 4.52. The van der Waals surface area contributed by atoms with E-state index < -0.39 is 18.1 Å². The Balaban J connectivity index is 1.48. The summed E-state index contributed by atoms with van der Waals surface area (Å²) in [5, 5.41) is 9.69. The number of rotatable bonds is 5. The Bertz CT molecular complexity index is 860. The number of aliphatic carboxylic acids is 1. The van der Waals surface area contributed by atoms with E-state index in [1.165, 1.54) is 11.9 Å². The smallest absolute Gasteiger partial charge is 0.410 e. The summed E-state index contributed by atoms with van der Waals surface area (Å²) in [7, 11) is 1.51. The van der Waals surface area contributed by atoms with E-state index in [1.54, 1.807) is 0 Å². The molecule has 1 amide bonds. The highest BCUT2D eigenvalue weighted by Gasteiger charge is 2.37. The van der Waals surface area contributed by atoms with Crippen molar-refractivity contribution in [3.63, 3.8) is 0 Å². The van der Waals surface area contributed by atoms with E-state index in [2.05, 4.69) is 24.3 Å². The highest BCUT2D eigenvalue weighted by molar-refractivity contribution is 5.81. The molecule has 4 rings (SSSR count). The van der Waals surface area contributed by atoms with Crippen LogP contribution in [0.3, 0.4) is 0 Å². The molecular formula is C23H25NO5. The van der Waals surface area contributed by atoms with Crippen LogP contribution in [-0.2, 0) is 14.3 Å². The molecule has 1 atom stereocenters. The maximum Gasteiger partial charge on any atom is 0.410 e. The fraction of sp³-hybridized carbons (Fsp3) is 0.391. The van der Waals surface area contributed by atoms with Crippen molar-refractivity contribution in [1.82, 2.24) is 4.90 Å². The SMILES string of the molecule is CN(C(=O)OCC1c2ccccc2-c2ccccc21)C(C(=O)O)C1CCOCC1. The van der Waals surface area contributed by atoms with Gasteiger partial charge in [-0.2, -0.15) is 0 Å². The number of nitrogens with zero attached hydrogens (tertiary/aromatic N) is 1. The van der Waals surface area contributed by atoms with E-state index in [4.69, 9.17) is 9.47 Å². The van der Waals surface area contributed by atoms with Crippen LogP contribution in [0.1, 0.15) is 29.9 Å². The molecule has 0 spiro atoms. The van der Waals surface area contributed by atoms with E-state index in [0.717, 1.165) is 22.3 Å². The van der Waals surface area contributed by atoms with E-state index in [-0.39, 0.29) is 18.4 Å². The molecule has 152 valence electrons. The zero-order valence-electron chi connectivity index (χ0n) is 16.4. The number of likely N-dealkylation sites (N-methyl/N-ethyl adjacent to an activating group) is 1. The van der Waals surface area contributed by atoms with Gasteiger partial charge in [0.1, 0.15) is 12.6 Å². The second-order valence-corrected chi connectivity index (χ2v) is 7.65. The number of carboxylic acids is 1. The molecule has 0 aromatic heterocycles. The number of amides is 1. The predicted molar refractivity (Wildman–Crippen MR) is 108 cm³/mol. The first-order chi connectivity index (χ1) is 14.1. The lowest BCUT2D eigenvalue weighted by Crippen LogP contribution is -2.48. The largest absolute Gasteiger partial charge is 0.480 e. The Morgan fingerprint density at radius 2 is 1.62 bits per heavy atom. The van der Waals surface area contributed by atoms with Crippen LogP contribution in [0.2, 0.25) is 0 Å². The van der Waals surface area contributed by atoms with Gasteiger partial charge in [0, 0.05) is 26.2 Å². The third kappa shape index (κ3) is 3.72. The van der Waals surface area contributed by atoms with Gasteiger partial charge < -0.3 is 14.6 Å². The minimum Gasteiger partial charge on any atom is -0.480 e. The Morgan fingerprint density at radius 3 is 2.17 bits per heavy atom.